The zero-order valence-electron chi connectivity index (χ0n) is 13.5. The van der Waals surface area contributed by atoms with Gasteiger partial charge in [-0.05, 0) is 31.2 Å². The molecule has 23 heavy (non-hydrogen) atoms. The van der Waals surface area contributed by atoms with Gasteiger partial charge < -0.3 is 9.42 Å². The zero-order valence-corrected chi connectivity index (χ0v) is 14.3. The van der Waals surface area contributed by atoms with E-state index in [1.165, 1.54) is 4.88 Å². The molecule has 2 aromatic heterocycles. The number of carbonyl (C=O) groups excluding carboxylic acids is 1. The van der Waals surface area contributed by atoms with Crippen LogP contribution in [0.3, 0.4) is 0 Å². The van der Waals surface area contributed by atoms with Crippen molar-refractivity contribution in [2.45, 2.75) is 32.7 Å². The molecule has 5 nitrogen and oxygen atoms in total. The first-order valence-corrected chi connectivity index (χ1v) is 9.03. The first kappa shape index (κ1) is 16.2. The van der Waals surface area contributed by atoms with E-state index >= 15 is 0 Å². The SMILES string of the molecule is Cc1cc(CN2CCCN(C(=O)CCc3cccs3)CC2)no1. The molecule has 3 rings (SSSR count). The maximum absolute atomic E-state index is 12.4. The van der Waals surface area contributed by atoms with E-state index in [1.807, 2.05) is 24.0 Å². The number of carbonyl (C=O) groups is 1. The van der Waals surface area contributed by atoms with Gasteiger partial charge in [-0.1, -0.05) is 11.2 Å². The third-order valence-corrected chi connectivity index (χ3v) is 5.11. The van der Waals surface area contributed by atoms with Crippen molar-refractivity contribution in [1.29, 1.82) is 0 Å². The number of amides is 1. The molecule has 2 aromatic rings. The number of thiophene rings is 1. The summed E-state index contributed by atoms with van der Waals surface area (Å²) in [4.78, 5) is 18.1. The quantitative estimate of drug-likeness (QED) is 0.844. The Kier molecular flexibility index (Phi) is 5.46. The Labute approximate surface area is 140 Å². The van der Waals surface area contributed by atoms with E-state index in [2.05, 4.69) is 21.5 Å². The van der Waals surface area contributed by atoms with Crippen LogP contribution in [0, 0.1) is 6.92 Å². The lowest BCUT2D eigenvalue weighted by Gasteiger charge is -2.21. The van der Waals surface area contributed by atoms with Crippen molar-refractivity contribution in [2.75, 3.05) is 26.2 Å². The minimum Gasteiger partial charge on any atom is -0.361 e. The van der Waals surface area contributed by atoms with Crippen LogP contribution in [0.15, 0.2) is 28.1 Å². The Balaban J connectivity index is 1.46. The van der Waals surface area contributed by atoms with E-state index in [1.54, 1.807) is 11.3 Å². The predicted molar refractivity (Wildman–Crippen MR) is 90.4 cm³/mol. The van der Waals surface area contributed by atoms with Crippen LogP contribution in [0.2, 0.25) is 0 Å². The Bertz CT molecular complexity index is 624. The molecule has 1 amide bonds. The second kappa shape index (κ2) is 7.75. The first-order valence-electron chi connectivity index (χ1n) is 8.15. The van der Waals surface area contributed by atoms with Gasteiger partial charge in [0.15, 0.2) is 0 Å². The molecule has 124 valence electrons. The van der Waals surface area contributed by atoms with Crippen molar-refractivity contribution in [3.8, 4) is 0 Å². The van der Waals surface area contributed by atoms with Crippen molar-refractivity contribution in [3.63, 3.8) is 0 Å². The molecule has 0 bridgehead atoms. The molecule has 0 unspecified atom stereocenters. The summed E-state index contributed by atoms with van der Waals surface area (Å²) in [5, 5.41) is 6.12. The molecule has 0 N–H and O–H groups in total. The predicted octanol–water partition coefficient (Wildman–Crippen LogP) is 2.71. The highest BCUT2D eigenvalue weighted by atomic mass is 32.1. The average molecular weight is 333 g/mol. The van der Waals surface area contributed by atoms with Gasteiger partial charge in [0.05, 0.1) is 5.69 Å². The molecule has 1 aliphatic heterocycles. The van der Waals surface area contributed by atoms with Crippen LogP contribution in [0.25, 0.3) is 0 Å². The highest BCUT2D eigenvalue weighted by Crippen LogP contribution is 2.14. The topological polar surface area (TPSA) is 49.6 Å². The summed E-state index contributed by atoms with van der Waals surface area (Å²) in [6.07, 6.45) is 2.49. The normalized spacial score (nSPS) is 16.5. The minimum atomic E-state index is 0.275. The molecule has 0 aromatic carbocycles. The molecule has 1 aliphatic rings. The van der Waals surface area contributed by atoms with Crippen LogP contribution in [-0.2, 0) is 17.8 Å². The van der Waals surface area contributed by atoms with Crippen molar-refractivity contribution in [2.24, 2.45) is 0 Å². The van der Waals surface area contributed by atoms with Gasteiger partial charge >= 0.3 is 0 Å². The summed E-state index contributed by atoms with van der Waals surface area (Å²) in [6, 6.07) is 6.12. The van der Waals surface area contributed by atoms with Gasteiger partial charge in [0.25, 0.3) is 0 Å². The van der Waals surface area contributed by atoms with Crippen molar-refractivity contribution in [3.05, 3.63) is 39.9 Å². The highest BCUT2D eigenvalue weighted by molar-refractivity contribution is 7.09. The molecule has 0 saturated carbocycles. The molecular weight excluding hydrogens is 310 g/mol. The number of hydrogen-bond donors (Lipinski definition) is 0. The Morgan fingerprint density at radius 1 is 1.35 bits per heavy atom. The van der Waals surface area contributed by atoms with E-state index in [9.17, 15) is 4.79 Å². The van der Waals surface area contributed by atoms with E-state index in [4.69, 9.17) is 4.52 Å². The first-order chi connectivity index (χ1) is 11.2. The zero-order chi connectivity index (χ0) is 16.1. The van der Waals surface area contributed by atoms with Crippen molar-refractivity contribution < 1.29 is 9.32 Å². The standard InChI is InChI=1S/C17H23N3O2S/c1-14-12-15(18-22-14)13-19-7-3-8-20(10-9-19)17(21)6-5-16-4-2-11-23-16/h2,4,11-12H,3,5-10,13H2,1H3. The van der Waals surface area contributed by atoms with E-state index in [-0.39, 0.29) is 5.91 Å². The van der Waals surface area contributed by atoms with Crippen LogP contribution in [0.4, 0.5) is 0 Å². The van der Waals surface area contributed by atoms with Gasteiger partial charge in [-0.3, -0.25) is 9.69 Å². The van der Waals surface area contributed by atoms with E-state index in [0.717, 1.165) is 57.0 Å². The molecule has 6 heteroatoms. The van der Waals surface area contributed by atoms with Crippen LogP contribution >= 0.6 is 11.3 Å². The molecule has 1 saturated heterocycles. The summed E-state index contributed by atoms with van der Waals surface area (Å²) in [6.45, 7) is 6.27. The van der Waals surface area contributed by atoms with Gasteiger partial charge in [0.2, 0.25) is 5.91 Å². The minimum absolute atomic E-state index is 0.275. The molecular formula is C17H23N3O2S. The second-order valence-corrected chi connectivity index (χ2v) is 7.05. The largest absolute Gasteiger partial charge is 0.361 e. The number of nitrogens with zero attached hydrogens (tertiary/aromatic N) is 3. The lowest BCUT2D eigenvalue weighted by molar-refractivity contribution is -0.131. The Morgan fingerprint density at radius 3 is 3.00 bits per heavy atom. The third kappa shape index (κ3) is 4.65. The van der Waals surface area contributed by atoms with Crippen LogP contribution in [-0.4, -0.2) is 47.0 Å². The van der Waals surface area contributed by atoms with Crippen LogP contribution < -0.4 is 0 Å². The Morgan fingerprint density at radius 2 is 2.26 bits per heavy atom. The smallest absolute Gasteiger partial charge is 0.222 e. The van der Waals surface area contributed by atoms with Gasteiger partial charge in [-0.15, -0.1) is 11.3 Å². The van der Waals surface area contributed by atoms with Gasteiger partial charge in [0.1, 0.15) is 5.76 Å². The summed E-state index contributed by atoms with van der Waals surface area (Å²) >= 11 is 1.72. The number of hydrogen-bond acceptors (Lipinski definition) is 5. The van der Waals surface area contributed by atoms with Gasteiger partial charge in [0, 0.05) is 50.1 Å². The van der Waals surface area contributed by atoms with Crippen molar-refractivity contribution >= 4 is 17.2 Å². The maximum Gasteiger partial charge on any atom is 0.222 e. The lowest BCUT2D eigenvalue weighted by atomic mass is 10.2. The fourth-order valence-corrected chi connectivity index (χ4v) is 3.65. The summed E-state index contributed by atoms with van der Waals surface area (Å²) in [5.41, 5.74) is 0.972. The molecule has 1 fully saturated rings. The summed E-state index contributed by atoms with van der Waals surface area (Å²) in [7, 11) is 0. The fraction of sp³-hybridized carbons (Fsp3) is 0.529. The number of aromatic nitrogens is 1. The third-order valence-electron chi connectivity index (χ3n) is 4.17. The molecule has 0 radical (unpaired) electrons. The highest BCUT2D eigenvalue weighted by Gasteiger charge is 2.19. The molecule has 3 heterocycles. The number of rotatable bonds is 5. The van der Waals surface area contributed by atoms with Crippen molar-refractivity contribution in [1.82, 2.24) is 15.0 Å². The monoisotopic (exact) mass is 333 g/mol. The van der Waals surface area contributed by atoms with Crippen LogP contribution in [0.1, 0.15) is 29.2 Å². The maximum atomic E-state index is 12.4. The molecule has 0 spiro atoms. The van der Waals surface area contributed by atoms with Crippen LogP contribution in [0.5, 0.6) is 0 Å². The Hall–Kier alpha value is -1.66. The summed E-state index contributed by atoms with van der Waals surface area (Å²) < 4.78 is 5.12. The second-order valence-electron chi connectivity index (χ2n) is 6.02. The van der Waals surface area contributed by atoms with Gasteiger partial charge in [-0.2, -0.15) is 0 Å². The van der Waals surface area contributed by atoms with E-state index < -0.39 is 0 Å². The summed E-state index contributed by atoms with van der Waals surface area (Å²) in [5.74, 6) is 1.12. The molecule has 0 aliphatic carbocycles. The number of aryl methyl sites for hydroxylation is 2. The van der Waals surface area contributed by atoms with E-state index in [0.29, 0.717) is 6.42 Å². The lowest BCUT2D eigenvalue weighted by Crippen LogP contribution is -2.35. The average Bonchev–Trinajstić information content (AvgIpc) is 3.13. The van der Waals surface area contributed by atoms with Gasteiger partial charge in [-0.25, -0.2) is 0 Å². The fourth-order valence-electron chi connectivity index (χ4n) is 2.94. The molecule has 0 atom stereocenters.